The van der Waals surface area contributed by atoms with Crippen LogP contribution in [0.2, 0.25) is 0 Å². The van der Waals surface area contributed by atoms with Gasteiger partial charge in [0.25, 0.3) is 5.91 Å². The zero-order valence-corrected chi connectivity index (χ0v) is 17.8. The predicted octanol–water partition coefficient (Wildman–Crippen LogP) is 6.36. The SMILES string of the molecule is CCC(C)c1ccccc1OCC(=O)NN=C1CCCCCCCCCCC1. The summed E-state index contributed by atoms with van der Waals surface area (Å²) in [6, 6.07) is 7.98. The average molecular weight is 387 g/mol. The van der Waals surface area contributed by atoms with Crippen LogP contribution in [0.1, 0.15) is 102 Å². The minimum Gasteiger partial charge on any atom is -0.483 e. The van der Waals surface area contributed by atoms with Gasteiger partial charge in [0.05, 0.1) is 0 Å². The third-order valence-electron chi connectivity index (χ3n) is 5.69. The smallest absolute Gasteiger partial charge is 0.277 e. The number of carbonyl (C=O) groups is 1. The van der Waals surface area contributed by atoms with Crippen molar-refractivity contribution in [3.8, 4) is 5.75 Å². The largest absolute Gasteiger partial charge is 0.483 e. The molecular weight excluding hydrogens is 348 g/mol. The first-order valence-electron chi connectivity index (χ1n) is 11.3. The Kier molecular flexibility index (Phi) is 10.7. The van der Waals surface area contributed by atoms with E-state index in [0.717, 1.165) is 36.3 Å². The molecular formula is C24H38N2O2. The van der Waals surface area contributed by atoms with Crippen molar-refractivity contribution in [2.45, 2.75) is 96.8 Å². The van der Waals surface area contributed by atoms with Crippen molar-refractivity contribution in [1.82, 2.24) is 5.43 Å². The van der Waals surface area contributed by atoms with Gasteiger partial charge in [-0.3, -0.25) is 4.79 Å². The molecule has 28 heavy (non-hydrogen) atoms. The van der Waals surface area contributed by atoms with E-state index in [1.807, 2.05) is 18.2 Å². The summed E-state index contributed by atoms with van der Waals surface area (Å²) in [7, 11) is 0. The average Bonchev–Trinajstić information content (AvgIpc) is 2.71. The number of nitrogens with one attached hydrogen (secondary N) is 1. The Balaban J connectivity index is 1.83. The molecule has 1 aliphatic rings. The zero-order chi connectivity index (χ0) is 20.0. The van der Waals surface area contributed by atoms with Crippen molar-refractivity contribution in [3.05, 3.63) is 29.8 Å². The molecule has 1 atom stereocenters. The predicted molar refractivity (Wildman–Crippen MR) is 117 cm³/mol. The molecule has 0 aromatic heterocycles. The molecule has 0 radical (unpaired) electrons. The Labute approximate surface area is 171 Å². The molecule has 2 rings (SSSR count). The summed E-state index contributed by atoms with van der Waals surface area (Å²) in [6.45, 7) is 4.34. The topological polar surface area (TPSA) is 50.7 Å². The molecule has 1 aliphatic carbocycles. The molecule has 1 fully saturated rings. The fourth-order valence-electron chi connectivity index (χ4n) is 3.69. The second-order valence-corrected chi connectivity index (χ2v) is 8.03. The van der Waals surface area contributed by atoms with Crippen LogP contribution in [0.5, 0.6) is 5.75 Å². The van der Waals surface area contributed by atoms with Crippen LogP contribution in [0.25, 0.3) is 0 Å². The molecule has 1 aromatic carbocycles. The summed E-state index contributed by atoms with van der Waals surface area (Å²) in [5.41, 5.74) is 5.01. The lowest BCUT2D eigenvalue weighted by Gasteiger charge is -2.15. The molecule has 1 N–H and O–H groups in total. The first-order chi connectivity index (χ1) is 13.7. The molecule has 4 heteroatoms. The Bertz CT molecular complexity index is 598. The number of amides is 1. The molecule has 1 saturated carbocycles. The van der Waals surface area contributed by atoms with Crippen LogP contribution in [0.15, 0.2) is 29.4 Å². The van der Waals surface area contributed by atoms with Crippen LogP contribution in [-0.2, 0) is 4.79 Å². The molecule has 0 bridgehead atoms. The van der Waals surface area contributed by atoms with E-state index in [1.165, 1.54) is 57.8 Å². The number of benzene rings is 1. The lowest BCUT2D eigenvalue weighted by Crippen LogP contribution is -2.26. The number of hydrogen-bond acceptors (Lipinski definition) is 3. The van der Waals surface area contributed by atoms with Gasteiger partial charge in [-0.05, 0) is 49.7 Å². The monoisotopic (exact) mass is 386 g/mol. The van der Waals surface area contributed by atoms with Crippen LogP contribution < -0.4 is 10.2 Å². The quantitative estimate of drug-likeness (QED) is 0.579. The molecule has 0 aliphatic heterocycles. The first kappa shape index (κ1) is 22.4. The van der Waals surface area contributed by atoms with Gasteiger partial charge >= 0.3 is 0 Å². The van der Waals surface area contributed by atoms with Crippen LogP contribution >= 0.6 is 0 Å². The van der Waals surface area contributed by atoms with Gasteiger partial charge in [-0.2, -0.15) is 5.10 Å². The van der Waals surface area contributed by atoms with E-state index in [-0.39, 0.29) is 12.5 Å². The summed E-state index contributed by atoms with van der Waals surface area (Å²) in [5, 5.41) is 4.43. The van der Waals surface area contributed by atoms with E-state index < -0.39 is 0 Å². The highest BCUT2D eigenvalue weighted by Gasteiger charge is 2.11. The van der Waals surface area contributed by atoms with Crippen LogP contribution in [-0.4, -0.2) is 18.2 Å². The number of hydrazone groups is 1. The van der Waals surface area contributed by atoms with Crippen molar-refractivity contribution >= 4 is 11.6 Å². The van der Waals surface area contributed by atoms with Gasteiger partial charge in [0.1, 0.15) is 5.75 Å². The van der Waals surface area contributed by atoms with Crippen LogP contribution in [0, 0.1) is 0 Å². The maximum absolute atomic E-state index is 12.2. The van der Waals surface area contributed by atoms with Crippen molar-refractivity contribution in [2.75, 3.05) is 6.61 Å². The van der Waals surface area contributed by atoms with Crippen molar-refractivity contribution in [3.63, 3.8) is 0 Å². The highest BCUT2D eigenvalue weighted by molar-refractivity contribution is 5.86. The molecule has 1 unspecified atom stereocenters. The number of rotatable bonds is 6. The van der Waals surface area contributed by atoms with Crippen molar-refractivity contribution in [1.29, 1.82) is 0 Å². The zero-order valence-electron chi connectivity index (χ0n) is 17.8. The summed E-state index contributed by atoms with van der Waals surface area (Å²) in [4.78, 5) is 12.2. The number of carbonyl (C=O) groups excluding carboxylic acids is 1. The summed E-state index contributed by atoms with van der Waals surface area (Å²) >= 11 is 0. The number of para-hydroxylation sites is 1. The number of ether oxygens (including phenoxy) is 1. The van der Waals surface area contributed by atoms with Gasteiger partial charge in [0.15, 0.2) is 6.61 Å². The van der Waals surface area contributed by atoms with Gasteiger partial charge in [0, 0.05) is 5.71 Å². The summed E-state index contributed by atoms with van der Waals surface area (Å²) < 4.78 is 5.79. The Morgan fingerprint density at radius 3 is 2.18 bits per heavy atom. The molecule has 156 valence electrons. The Morgan fingerprint density at radius 1 is 1.00 bits per heavy atom. The fraction of sp³-hybridized carbons (Fsp3) is 0.667. The Morgan fingerprint density at radius 2 is 1.57 bits per heavy atom. The van der Waals surface area contributed by atoms with E-state index in [1.54, 1.807) is 0 Å². The number of hydrogen-bond donors (Lipinski definition) is 1. The Hall–Kier alpha value is -1.84. The normalized spacial score (nSPS) is 17.7. The molecule has 4 nitrogen and oxygen atoms in total. The van der Waals surface area contributed by atoms with E-state index in [2.05, 4.69) is 30.4 Å². The minimum atomic E-state index is -0.183. The minimum absolute atomic E-state index is 0.00419. The van der Waals surface area contributed by atoms with E-state index in [9.17, 15) is 4.79 Å². The maximum Gasteiger partial charge on any atom is 0.277 e. The van der Waals surface area contributed by atoms with Crippen LogP contribution in [0.3, 0.4) is 0 Å². The van der Waals surface area contributed by atoms with Gasteiger partial charge in [-0.1, -0.05) is 77.0 Å². The lowest BCUT2D eigenvalue weighted by atomic mass is 9.98. The molecule has 1 amide bonds. The van der Waals surface area contributed by atoms with E-state index in [0.29, 0.717) is 5.92 Å². The molecule has 1 aromatic rings. The maximum atomic E-state index is 12.2. The third-order valence-corrected chi connectivity index (χ3v) is 5.69. The molecule has 0 saturated heterocycles. The van der Waals surface area contributed by atoms with Crippen LogP contribution in [0.4, 0.5) is 0 Å². The number of nitrogens with zero attached hydrogens (tertiary/aromatic N) is 1. The second kappa shape index (κ2) is 13.4. The van der Waals surface area contributed by atoms with E-state index in [4.69, 9.17) is 4.74 Å². The van der Waals surface area contributed by atoms with Crippen molar-refractivity contribution in [2.24, 2.45) is 5.10 Å². The highest BCUT2D eigenvalue weighted by atomic mass is 16.5. The fourth-order valence-corrected chi connectivity index (χ4v) is 3.69. The molecule has 0 spiro atoms. The first-order valence-corrected chi connectivity index (χ1v) is 11.3. The van der Waals surface area contributed by atoms with Gasteiger partial charge in [-0.25, -0.2) is 5.43 Å². The lowest BCUT2D eigenvalue weighted by molar-refractivity contribution is -0.123. The highest BCUT2D eigenvalue weighted by Crippen LogP contribution is 2.28. The summed E-state index contributed by atoms with van der Waals surface area (Å²) in [6.07, 6.45) is 14.7. The third kappa shape index (κ3) is 8.45. The van der Waals surface area contributed by atoms with Gasteiger partial charge in [-0.15, -0.1) is 0 Å². The van der Waals surface area contributed by atoms with Gasteiger partial charge in [0.2, 0.25) is 0 Å². The standard InChI is InChI=1S/C24H38N2O2/c1-3-20(2)22-17-13-14-18-23(22)28-19-24(27)26-25-21-15-11-9-7-5-4-6-8-10-12-16-21/h13-14,17-18,20H,3-12,15-16,19H2,1-2H3,(H,26,27). The van der Waals surface area contributed by atoms with Gasteiger partial charge < -0.3 is 4.74 Å². The van der Waals surface area contributed by atoms with Crippen molar-refractivity contribution < 1.29 is 9.53 Å². The summed E-state index contributed by atoms with van der Waals surface area (Å²) in [5.74, 6) is 1.03. The molecule has 0 heterocycles. The second-order valence-electron chi connectivity index (χ2n) is 8.03. The van der Waals surface area contributed by atoms with E-state index >= 15 is 0 Å².